The Morgan fingerprint density at radius 2 is 1.79 bits per heavy atom. The quantitative estimate of drug-likeness (QED) is 0.527. The highest BCUT2D eigenvalue weighted by Crippen LogP contribution is 2.34. The van der Waals surface area contributed by atoms with Crippen molar-refractivity contribution in [2.24, 2.45) is 5.41 Å². The summed E-state index contributed by atoms with van der Waals surface area (Å²) in [5.41, 5.74) is -1.07. The SMILES string of the molecule is CCC(C)(C#N)C(=O)OC(C)(CC)c1ccc(OC(C)OC)cc1. The number of hydrogen-bond donors (Lipinski definition) is 0. The summed E-state index contributed by atoms with van der Waals surface area (Å²) in [6, 6.07) is 9.42. The van der Waals surface area contributed by atoms with E-state index >= 15 is 0 Å². The zero-order valence-electron chi connectivity index (χ0n) is 15.4. The number of rotatable bonds is 8. The Morgan fingerprint density at radius 3 is 2.21 bits per heavy atom. The van der Waals surface area contributed by atoms with Crippen LogP contribution in [-0.4, -0.2) is 19.4 Å². The third-order valence-electron chi connectivity index (χ3n) is 4.50. The summed E-state index contributed by atoms with van der Waals surface area (Å²) >= 11 is 0. The van der Waals surface area contributed by atoms with Gasteiger partial charge in [0.05, 0.1) is 6.07 Å². The van der Waals surface area contributed by atoms with Crippen LogP contribution in [0, 0.1) is 16.7 Å². The largest absolute Gasteiger partial charge is 0.465 e. The van der Waals surface area contributed by atoms with Gasteiger partial charge >= 0.3 is 5.97 Å². The summed E-state index contributed by atoms with van der Waals surface area (Å²) in [4.78, 5) is 12.4. The van der Waals surface area contributed by atoms with E-state index in [2.05, 4.69) is 6.07 Å². The lowest BCUT2D eigenvalue weighted by molar-refractivity contribution is -0.168. The van der Waals surface area contributed by atoms with E-state index in [9.17, 15) is 10.1 Å². The monoisotopic (exact) mass is 333 g/mol. The maximum absolute atomic E-state index is 12.4. The van der Waals surface area contributed by atoms with Crippen LogP contribution in [0.15, 0.2) is 24.3 Å². The molecule has 0 bridgehead atoms. The first-order valence-electron chi connectivity index (χ1n) is 8.19. The average Bonchev–Trinajstić information content (AvgIpc) is 2.61. The number of carbonyl (C=O) groups is 1. The van der Waals surface area contributed by atoms with Crippen LogP contribution in [0.4, 0.5) is 0 Å². The van der Waals surface area contributed by atoms with E-state index < -0.39 is 17.0 Å². The van der Waals surface area contributed by atoms with E-state index in [1.807, 2.05) is 38.1 Å². The Hall–Kier alpha value is -2.06. The van der Waals surface area contributed by atoms with Crippen molar-refractivity contribution in [1.29, 1.82) is 5.26 Å². The predicted octanol–water partition coefficient (Wildman–Crippen LogP) is 4.17. The Morgan fingerprint density at radius 1 is 1.21 bits per heavy atom. The summed E-state index contributed by atoms with van der Waals surface area (Å²) in [5.74, 6) is 0.179. The van der Waals surface area contributed by atoms with Crippen LogP contribution < -0.4 is 4.74 Å². The molecule has 1 aromatic carbocycles. The van der Waals surface area contributed by atoms with Crippen molar-refractivity contribution in [3.8, 4) is 11.8 Å². The van der Waals surface area contributed by atoms with Crippen LogP contribution in [0.25, 0.3) is 0 Å². The second-order valence-corrected chi connectivity index (χ2v) is 6.22. The number of ether oxygens (including phenoxy) is 3. The molecule has 0 spiro atoms. The first kappa shape index (κ1) is 20.0. The molecule has 0 saturated carbocycles. The molecule has 24 heavy (non-hydrogen) atoms. The zero-order chi connectivity index (χ0) is 18.4. The van der Waals surface area contributed by atoms with Crippen LogP contribution in [0.2, 0.25) is 0 Å². The van der Waals surface area contributed by atoms with Gasteiger partial charge in [0, 0.05) is 7.11 Å². The van der Waals surface area contributed by atoms with Gasteiger partial charge in [0.1, 0.15) is 11.4 Å². The number of benzene rings is 1. The molecule has 5 heteroatoms. The number of nitrogens with zero attached hydrogens (tertiary/aromatic N) is 1. The summed E-state index contributed by atoms with van der Waals surface area (Å²) < 4.78 is 16.4. The van der Waals surface area contributed by atoms with Gasteiger partial charge in [-0.15, -0.1) is 0 Å². The topological polar surface area (TPSA) is 68.6 Å². The van der Waals surface area contributed by atoms with Crippen molar-refractivity contribution in [2.75, 3.05) is 7.11 Å². The normalized spacial score (nSPS) is 17.0. The van der Waals surface area contributed by atoms with E-state index in [1.165, 1.54) is 0 Å². The first-order chi connectivity index (χ1) is 11.2. The van der Waals surface area contributed by atoms with Gasteiger partial charge in [-0.1, -0.05) is 26.0 Å². The van der Waals surface area contributed by atoms with Crippen molar-refractivity contribution in [2.45, 2.75) is 59.4 Å². The van der Waals surface area contributed by atoms with Gasteiger partial charge in [-0.2, -0.15) is 5.26 Å². The lowest BCUT2D eigenvalue weighted by atomic mass is 9.88. The summed E-state index contributed by atoms with van der Waals surface area (Å²) in [5, 5.41) is 9.26. The number of methoxy groups -OCH3 is 1. The van der Waals surface area contributed by atoms with E-state index in [0.717, 1.165) is 5.56 Å². The Labute approximate surface area is 144 Å². The number of esters is 1. The maximum Gasteiger partial charge on any atom is 0.327 e. The molecule has 0 aliphatic carbocycles. The number of nitriles is 1. The van der Waals surface area contributed by atoms with Gasteiger partial charge in [0.15, 0.2) is 11.7 Å². The highest BCUT2D eigenvalue weighted by molar-refractivity contribution is 5.80. The molecule has 0 aliphatic heterocycles. The predicted molar refractivity (Wildman–Crippen MR) is 91.3 cm³/mol. The van der Waals surface area contributed by atoms with Crippen LogP contribution in [0.5, 0.6) is 5.75 Å². The molecule has 0 heterocycles. The number of hydrogen-bond acceptors (Lipinski definition) is 5. The van der Waals surface area contributed by atoms with Gasteiger partial charge < -0.3 is 14.2 Å². The molecular weight excluding hydrogens is 306 g/mol. The lowest BCUT2D eigenvalue weighted by Gasteiger charge is -2.32. The second kappa shape index (κ2) is 8.16. The van der Waals surface area contributed by atoms with Crippen LogP contribution in [-0.2, 0) is 19.9 Å². The molecule has 1 aromatic rings. The fourth-order valence-electron chi connectivity index (χ4n) is 2.05. The molecule has 3 unspecified atom stereocenters. The fraction of sp³-hybridized carbons (Fsp3) is 0.579. The Balaban J connectivity index is 2.99. The fourth-order valence-corrected chi connectivity index (χ4v) is 2.05. The highest BCUT2D eigenvalue weighted by Gasteiger charge is 2.39. The lowest BCUT2D eigenvalue weighted by Crippen LogP contribution is -2.36. The summed E-state index contributed by atoms with van der Waals surface area (Å²) in [6.07, 6.45) is 0.662. The molecule has 0 aliphatic rings. The molecular formula is C19H27NO4. The third-order valence-corrected chi connectivity index (χ3v) is 4.50. The molecule has 0 aromatic heterocycles. The molecule has 3 atom stereocenters. The van der Waals surface area contributed by atoms with Gasteiger partial charge in [-0.05, 0) is 51.3 Å². The molecule has 0 amide bonds. The Bertz CT molecular complexity index is 592. The minimum atomic E-state index is -1.13. The maximum atomic E-state index is 12.4. The van der Waals surface area contributed by atoms with E-state index in [0.29, 0.717) is 18.6 Å². The molecule has 5 nitrogen and oxygen atoms in total. The molecule has 0 fully saturated rings. The van der Waals surface area contributed by atoms with Gasteiger partial charge in [-0.25, -0.2) is 0 Å². The summed E-state index contributed by atoms with van der Waals surface area (Å²) in [6.45, 7) is 9.01. The average molecular weight is 333 g/mol. The third kappa shape index (κ3) is 4.48. The number of carbonyl (C=O) groups excluding carboxylic acids is 1. The van der Waals surface area contributed by atoms with Crippen molar-refractivity contribution in [1.82, 2.24) is 0 Å². The van der Waals surface area contributed by atoms with Crippen LogP contribution in [0.1, 0.15) is 53.0 Å². The smallest absolute Gasteiger partial charge is 0.327 e. The van der Waals surface area contributed by atoms with Crippen LogP contribution >= 0.6 is 0 Å². The minimum Gasteiger partial charge on any atom is -0.465 e. The van der Waals surface area contributed by atoms with Crippen LogP contribution in [0.3, 0.4) is 0 Å². The first-order valence-corrected chi connectivity index (χ1v) is 8.19. The second-order valence-electron chi connectivity index (χ2n) is 6.22. The Kier molecular flexibility index (Phi) is 6.80. The van der Waals surface area contributed by atoms with Gasteiger partial charge in [0.25, 0.3) is 0 Å². The molecule has 132 valence electrons. The molecule has 0 N–H and O–H groups in total. The van der Waals surface area contributed by atoms with Crippen molar-refractivity contribution < 1.29 is 19.0 Å². The zero-order valence-corrected chi connectivity index (χ0v) is 15.4. The van der Waals surface area contributed by atoms with E-state index in [1.54, 1.807) is 27.9 Å². The minimum absolute atomic E-state index is 0.341. The van der Waals surface area contributed by atoms with Crippen molar-refractivity contribution in [3.63, 3.8) is 0 Å². The van der Waals surface area contributed by atoms with Crippen molar-refractivity contribution >= 4 is 5.97 Å². The van der Waals surface area contributed by atoms with E-state index in [4.69, 9.17) is 14.2 Å². The molecule has 1 rings (SSSR count). The highest BCUT2D eigenvalue weighted by atomic mass is 16.7. The van der Waals surface area contributed by atoms with Crippen molar-refractivity contribution in [3.05, 3.63) is 29.8 Å². The standard InChI is InChI=1S/C19H27NO4/c1-7-18(4,13-20)17(21)24-19(5,8-2)15-9-11-16(12-10-15)23-14(3)22-6/h9-12,14H,7-8H2,1-6H3. The molecule has 0 saturated heterocycles. The summed E-state index contributed by atoms with van der Waals surface area (Å²) in [7, 11) is 1.58. The van der Waals surface area contributed by atoms with E-state index in [-0.39, 0.29) is 6.29 Å². The molecule has 0 radical (unpaired) electrons. The van der Waals surface area contributed by atoms with Gasteiger partial charge in [0.2, 0.25) is 0 Å². The van der Waals surface area contributed by atoms with Gasteiger partial charge in [-0.3, -0.25) is 4.79 Å².